The maximum Gasteiger partial charge on any atom is 0.210 e. The molecule has 0 saturated heterocycles. The number of carbonyl (C=O) groups excluding carboxylic acids is 2. The zero-order valence-corrected chi connectivity index (χ0v) is 12.2. The van der Waals surface area contributed by atoms with Crippen LogP contribution in [0.1, 0.15) is 20.7 Å². The minimum absolute atomic E-state index is 0.161. The van der Waals surface area contributed by atoms with E-state index in [0.29, 0.717) is 26.9 Å². The molecule has 5 heteroatoms. The molecule has 0 unspecified atom stereocenters. The topological polar surface area (TPSA) is 46.2 Å². The van der Waals surface area contributed by atoms with Crippen LogP contribution < -0.4 is 5.32 Å². The highest BCUT2D eigenvalue weighted by Crippen LogP contribution is 2.32. The molecule has 1 aliphatic rings. The van der Waals surface area contributed by atoms with Gasteiger partial charge in [0.2, 0.25) is 5.78 Å². The predicted octanol–water partition coefficient (Wildman–Crippen LogP) is 4.37. The van der Waals surface area contributed by atoms with Crippen molar-refractivity contribution < 1.29 is 9.59 Å². The first-order chi connectivity index (χ1) is 10.1. The van der Waals surface area contributed by atoms with Crippen molar-refractivity contribution in [2.75, 3.05) is 5.32 Å². The van der Waals surface area contributed by atoms with Crippen molar-refractivity contribution in [2.24, 2.45) is 0 Å². The van der Waals surface area contributed by atoms with Crippen LogP contribution in [0.4, 0.5) is 5.69 Å². The summed E-state index contributed by atoms with van der Waals surface area (Å²) in [7, 11) is 0. The smallest absolute Gasteiger partial charge is 0.210 e. The molecular formula is C16H9Cl2NO2. The van der Waals surface area contributed by atoms with Gasteiger partial charge in [0.25, 0.3) is 0 Å². The Labute approximate surface area is 131 Å². The average Bonchev–Trinajstić information content (AvgIpc) is 2.48. The molecule has 3 nitrogen and oxygen atoms in total. The summed E-state index contributed by atoms with van der Waals surface area (Å²) in [5.41, 5.74) is 1.34. The lowest BCUT2D eigenvalue weighted by Crippen LogP contribution is -2.21. The zero-order valence-electron chi connectivity index (χ0n) is 10.7. The van der Waals surface area contributed by atoms with Gasteiger partial charge in [-0.05, 0) is 12.1 Å². The standard InChI is InChI=1S/C16H9Cl2NO2/c17-11-6-3-7-12(18)15(11)19-13-8-14(20)9-4-1-2-5-10(9)16(13)21/h1-8,19H. The molecule has 0 atom stereocenters. The van der Waals surface area contributed by atoms with Crippen LogP contribution in [0.25, 0.3) is 0 Å². The van der Waals surface area contributed by atoms with Gasteiger partial charge in [0.1, 0.15) is 0 Å². The molecule has 3 rings (SSSR count). The van der Waals surface area contributed by atoms with E-state index in [4.69, 9.17) is 23.2 Å². The van der Waals surface area contributed by atoms with E-state index in [1.165, 1.54) is 6.08 Å². The van der Waals surface area contributed by atoms with Gasteiger partial charge in [-0.1, -0.05) is 53.5 Å². The number of para-hydroxylation sites is 1. The lowest BCUT2D eigenvalue weighted by molar-refractivity contribution is 0.0985. The van der Waals surface area contributed by atoms with Crippen LogP contribution in [0, 0.1) is 0 Å². The molecule has 0 spiro atoms. The summed E-state index contributed by atoms with van der Waals surface area (Å²) in [6.07, 6.45) is 1.27. The van der Waals surface area contributed by atoms with Crippen LogP contribution in [0.3, 0.4) is 0 Å². The van der Waals surface area contributed by atoms with Gasteiger partial charge in [-0.3, -0.25) is 9.59 Å². The van der Waals surface area contributed by atoms with Crippen LogP contribution >= 0.6 is 23.2 Å². The summed E-state index contributed by atoms with van der Waals surface area (Å²) >= 11 is 12.1. The minimum Gasteiger partial charge on any atom is -0.350 e. The first-order valence-corrected chi connectivity index (χ1v) is 6.94. The van der Waals surface area contributed by atoms with Gasteiger partial charge < -0.3 is 5.32 Å². The van der Waals surface area contributed by atoms with E-state index in [-0.39, 0.29) is 17.3 Å². The second-order valence-electron chi connectivity index (χ2n) is 4.52. The number of benzene rings is 2. The number of allylic oxidation sites excluding steroid dienone is 2. The van der Waals surface area contributed by atoms with Crippen molar-refractivity contribution in [1.82, 2.24) is 0 Å². The van der Waals surface area contributed by atoms with E-state index in [0.717, 1.165) is 0 Å². The maximum absolute atomic E-state index is 12.4. The molecule has 104 valence electrons. The Kier molecular flexibility index (Phi) is 3.53. The Morgan fingerprint density at radius 3 is 2.10 bits per heavy atom. The van der Waals surface area contributed by atoms with E-state index in [1.54, 1.807) is 42.5 Å². The Bertz CT molecular complexity index is 776. The van der Waals surface area contributed by atoms with Crippen LogP contribution in [0.5, 0.6) is 0 Å². The number of ketones is 2. The summed E-state index contributed by atoms with van der Waals surface area (Å²) in [4.78, 5) is 24.5. The van der Waals surface area contributed by atoms with Gasteiger partial charge in [0.15, 0.2) is 5.78 Å². The predicted molar refractivity (Wildman–Crippen MR) is 83.3 cm³/mol. The van der Waals surface area contributed by atoms with Crippen molar-refractivity contribution in [3.63, 3.8) is 0 Å². The van der Waals surface area contributed by atoms with E-state index >= 15 is 0 Å². The zero-order chi connectivity index (χ0) is 15.0. The molecule has 1 aliphatic carbocycles. The molecule has 0 fully saturated rings. The number of hydrogen-bond donors (Lipinski definition) is 1. The summed E-state index contributed by atoms with van der Waals surface area (Å²) in [6.45, 7) is 0. The molecule has 0 amide bonds. The lowest BCUT2D eigenvalue weighted by Gasteiger charge is -2.17. The van der Waals surface area contributed by atoms with E-state index < -0.39 is 0 Å². The van der Waals surface area contributed by atoms with E-state index in [1.807, 2.05) is 0 Å². The van der Waals surface area contributed by atoms with Gasteiger partial charge in [-0.2, -0.15) is 0 Å². The van der Waals surface area contributed by atoms with Gasteiger partial charge in [0.05, 0.1) is 21.4 Å². The first-order valence-electron chi connectivity index (χ1n) is 6.18. The highest BCUT2D eigenvalue weighted by Gasteiger charge is 2.25. The largest absolute Gasteiger partial charge is 0.350 e. The number of halogens is 2. The Morgan fingerprint density at radius 2 is 1.43 bits per heavy atom. The molecule has 2 aromatic carbocycles. The monoisotopic (exact) mass is 317 g/mol. The van der Waals surface area contributed by atoms with Crippen molar-refractivity contribution in [1.29, 1.82) is 0 Å². The van der Waals surface area contributed by atoms with Crippen LogP contribution in [-0.4, -0.2) is 11.6 Å². The second-order valence-corrected chi connectivity index (χ2v) is 5.33. The summed E-state index contributed by atoms with van der Waals surface area (Å²) in [5.74, 6) is -0.489. The molecule has 0 bridgehead atoms. The maximum atomic E-state index is 12.4. The Morgan fingerprint density at radius 1 is 0.810 bits per heavy atom. The SMILES string of the molecule is O=C1C=C(Nc2c(Cl)cccc2Cl)C(=O)c2ccccc21. The highest BCUT2D eigenvalue weighted by molar-refractivity contribution is 6.39. The Balaban J connectivity index is 2.02. The molecule has 0 saturated carbocycles. The van der Waals surface area contributed by atoms with Gasteiger partial charge in [0, 0.05) is 17.2 Å². The first kappa shape index (κ1) is 13.9. The van der Waals surface area contributed by atoms with Crippen molar-refractivity contribution in [3.8, 4) is 0 Å². The van der Waals surface area contributed by atoms with E-state index in [2.05, 4.69) is 5.32 Å². The molecule has 2 aromatic rings. The van der Waals surface area contributed by atoms with Crippen LogP contribution in [-0.2, 0) is 0 Å². The summed E-state index contributed by atoms with van der Waals surface area (Å²) in [6, 6.07) is 11.7. The summed E-state index contributed by atoms with van der Waals surface area (Å²) < 4.78 is 0. The van der Waals surface area contributed by atoms with Crippen LogP contribution in [0.2, 0.25) is 10.0 Å². The van der Waals surface area contributed by atoms with Crippen molar-refractivity contribution in [3.05, 3.63) is 75.4 Å². The summed E-state index contributed by atoms with van der Waals surface area (Å²) in [5, 5.41) is 3.62. The average molecular weight is 318 g/mol. The fourth-order valence-corrected chi connectivity index (χ4v) is 2.65. The molecule has 0 heterocycles. The fourth-order valence-electron chi connectivity index (χ4n) is 2.16. The van der Waals surface area contributed by atoms with E-state index in [9.17, 15) is 9.59 Å². The number of carbonyl (C=O) groups is 2. The minimum atomic E-state index is -0.263. The number of hydrogen-bond acceptors (Lipinski definition) is 3. The van der Waals surface area contributed by atoms with Crippen molar-refractivity contribution in [2.45, 2.75) is 0 Å². The molecular weight excluding hydrogens is 309 g/mol. The number of fused-ring (bicyclic) bond motifs is 1. The highest BCUT2D eigenvalue weighted by atomic mass is 35.5. The van der Waals surface area contributed by atoms with Crippen molar-refractivity contribution >= 4 is 40.5 Å². The third kappa shape index (κ3) is 2.46. The quantitative estimate of drug-likeness (QED) is 0.894. The Hall–Kier alpha value is -2.10. The number of rotatable bonds is 2. The molecule has 0 radical (unpaired) electrons. The molecule has 1 N–H and O–H groups in total. The third-order valence-electron chi connectivity index (χ3n) is 3.18. The normalized spacial score (nSPS) is 13.7. The number of Topliss-reactive ketones (excluding diaryl/α,β-unsaturated/α-hetero) is 1. The molecule has 0 aromatic heterocycles. The van der Waals surface area contributed by atoms with Crippen LogP contribution in [0.15, 0.2) is 54.2 Å². The molecule has 0 aliphatic heterocycles. The lowest BCUT2D eigenvalue weighted by atomic mass is 9.92. The number of nitrogens with one attached hydrogen (secondary N) is 1. The van der Waals surface area contributed by atoms with Gasteiger partial charge in [-0.25, -0.2) is 0 Å². The third-order valence-corrected chi connectivity index (χ3v) is 3.81. The van der Waals surface area contributed by atoms with Gasteiger partial charge in [-0.15, -0.1) is 0 Å². The second kappa shape index (κ2) is 5.35. The number of anilines is 1. The van der Waals surface area contributed by atoms with Gasteiger partial charge >= 0.3 is 0 Å². The molecule has 21 heavy (non-hydrogen) atoms. The fraction of sp³-hybridized carbons (Fsp3) is 0.